The topological polar surface area (TPSA) is 64.0 Å². The first kappa shape index (κ1) is 21.3. The normalized spacial score (nSPS) is 11.0. The molecule has 31 heavy (non-hydrogen) atoms. The number of carbonyl (C=O) groups excluding carboxylic acids is 1. The van der Waals surface area contributed by atoms with Gasteiger partial charge < -0.3 is 5.32 Å². The van der Waals surface area contributed by atoms with Crippen molar-refractivity contribution in [2.24, 2.45) is 0 Å². The Bertz CT molecular complexity index is 1290. The molecule has 5 nitrogen and oxygen atoms in total. The maximum Gasteiger partial charge on any atom is 0.266 e. The average molecular weight is 454 g/mol. The maximum atomic E-state index is 14.2. The lowest BCUT2D eigenvalue weighted by molar-refractivity contribution is -0.118. The first-order chi connectivity index (χ1) is 15.0. The molecule has 0 saturated carbocycles. The van der Waals surface area contributed by atoms with Crippen LogP contribution in [0.25, 0.3) is 16.6 Å². The minimum Gasteiger partial charge on any atom is -0.355 e. The Morgan fingerprint density at radius 3 is 2.81 bits per heavy atom. The summed E-state index contributed by atoms with van der Waals surface area (Å²) < 4.78 is 15.6. The quantitative estimate of drug-likeness (QED) is 0.334. The van der Waals surface area contributed by atoms with Gasteiger partial charge >= 0.3 is 0 Å². The lowest BCUT2D eigenvalue weighted by Gasteiger charge is -2.14. The number of aromatic nitrogens is 2. The minimum absolute atomic E-state index is 0.101. The fraction of sp³-hybridized carbons (Fsp3) is 0.174. The summed E-state index contributed by atoms with van der Waals surface area (Å²) >= 11 is 2.81. The molecule has 1 amide bonds. The number of benzene rings is 2. The van der Waals surface area contributed by atoms with Gasteiger partial charge in [0.15, 0.2) is 5.16 Å². The number of halogens is 1. The first-order valence-electron chi connectivity index (χ1n) is 9.73. The second kappa shape index (κ2) is 9.45. The Morgan fingerprint density at radius 1 is 1.19 bits per heavy atom. The lowest BCUT2D eigenvalue weighted by atomic mass is 10.2. The summed E-state index contributed by atoms with van der Waals surface area (Å²) in [4.78, 5) is 31.3. The van der Waals surface area contributed by atoms with Crippen LogP contribution in [-0.2, 0) is 11.2 Å². The molecule has 0 aliphatic rings. The maximum absolute atomic E-state index is 14.2. The van der Waals surface area contributed by atoms with Crippen LogP contribution in [0, 0.1) is 12.7 Å². The van der Waals surface area contributed by atoms with E-state index in [9.17, 15) is 14.0 Å². The van der Waals surface area contributed by atoms with Crippen molar-refractivity contribution >= 4 is 39.9 Å². The van der Waals surface area contributed by atoms with Crippen LogP contribution < -0.4 is 10.9 Å². The number of para-hydroxylation sites is 1. The Balaban J connectivity index is 1.59. The predicted octanol–water partition coefficient (Wildman–Crippen LogP) is 4.35. The fourth-order valence-corrected chi connectivity index (χ4v) is 4.67. The molecule has 0 unspecified atom stereocenters. The molecule has 0 fully saturated rings. The minimum atomic E-state index is -0.403. The number of hydrogen-bond donors (Lipinski definition) is 1. The highest BCUT2D eigenvalue weighted by molar-refractivity contribution is 7.99. The Hall–Kier alpha value is -2.97. The molecule has 4 rings (SSSR count). The molecule has 1 N–H and O–H groups in total. The Morgan fingerprint density at radius 2 is 2.03 bits per heavy atom. The van der Waals surface area contributed by atoms with Crippen molar-refractivity contribution in [3.05, 3.63) is 86.6 Å². The van der Waals surface area contributed by atoms with Crippen LogP contribution in [0.1, 0.15) is 10.4 Å². The van der Waals surface area contributed by atoms with Crippen LogP contribution in [0.2, 0.25) is 0 Å². The van der Waals surface area contributed by atoms with Crippen LogP contribution in [-0.4, -0.2) is 27.8 Å². The number of hydrogen-bond acceptors (Lipinski definition) is 5. The summed E-state index contributed by atoms with van der Waals surface area (Å²) in [6.07, 6.45) is 0.773. The zero-order chi connectivity index (χ0) is 21.8. The van der Waals surface area contributed by atoms with Gasteiger partial charge in [-0.25, -0.2) is 9.37 Å². The van der Waals surface area contributed by atoms with Gasteiger partial charge in [0, 0.05) is 11.4 Å². The summed E-state index contributed by atoms with van der Waals surface area (Å²) in [5, 5.41) is 5.68. The van der Waals surface area contributed by atoms with E-state index in [1.807, 2.05) is 17.5 Å². The number of nitrogens with one attached hydrogen (secondary N) is 1. The van der Waals surface area contributed by atoms with Gasteiger partial charge in [0.2, 0.25) is 5.91 Å². The third kappa shape index (κ3) is 4.86. The lowest BCUT2D eigenvalue weighted by Crippen LogP contribution is -2.28. The van der Waals surface area contributed by atoms with Gasteiger partial charge in [-0.15, -0.1) is 11.3 Å². The van der Waals surface area contributed by atoms with Gasteiger partial charge in [-0.2, -0.15) is 0 Å². The number of amides is 1. The van der Waals surface area contributed by atoms with Gasteiger partial charge in [-0.3, -0.25) is 14.2 Å². The van der Waals surface area contributed by atoms with Gasteiger partial charge in [-0.1, -0.05) is 36.0 Å². The summed E-state index contributed by atoms with van der Waals surface area (Å²) in [5.74, 6) is -0.450. The number of nitrogens with zero attached hydrogens (tertiary/aromatic N) is 2. The largest absolute Gasteiger partial charge is 0.355 e. The van der Waals surface area contributed by atoms with Gasteiger partial charge in [-0.05, 0) is 54.6 Å². The van der Waals surface area contributed by atoms with Crippen molar-refractivity contribution < 1.29 is 9.18 Å². The van der Waals surface area contributed by atoms with Crippen LogP contribution in [0.4, 0.5) is 4.39 Å². The highest BCUT2D eigenvalue weighted by Gasteiger charge is 2.15. The van der Waals surface area contributed by atoms with Crippen LogP contribution >= 0.6 is 23.1 Å². The highest BCUT2D eigenvalue weighted by Crippen LogP contribution is 2.22. The monoisotopic (exact) mass is 453 g/mol. The van der Waals surface area contributed by atoms with Gasteiger partial charge in [0.05, 0.1) is 22.3 Å². The Labute approximate surface area is 187 Å². The van der Waals surface area contributed by atoms with E-state index in [-0.39, 0.29) is 17.2 Å². The molecule has 0 atom stereocenters. The van der Waals surface area contributed by atoms with E-state index in [2.05, 4.69) is 10.3 Å². The molecule has 0 bridgehead atoms. The van der Waals surface area contributed by atoms with Crippen LogP contribution in [0.3, 0.4) is 0 Å². The van der Waals surface area contributed by atoms with Crippen LogP contribution in [0.5, 0.6) is 0 Å². The number of thioether (sulfide) groups is 1. The van der Waals surface area contributed by atoms with Crippen molar-refractivity contribution in [1.82, 2.24) is 14.9 Å². The Kier molecular flexibility index (Phi) is 6.48. The molecule has 8 heteroatoms. The third-order valence-electron chi connectivity index (χ3n) is 4.76. The smallest absolute Gasteiger partial charge is 0.266 e. The molecule has 0 saturated heterocycles. The predicted molar refractivity (Wildman–Crippen MR) is 124 cm³/mol. The molecule has 158 valence electrons. The molecule has 2 aromatic heterocycles. The van der Waals surface area contributed by atoms with Crippen molar-refractivity contribution in [1.29, 1.82) is 0 Å². The first-order valence-corrected chi connectivity index (χ1v) is 11.6. The van der Waals surface area contributed by atoms with Crippen LogP contribution in [0.15, 0.2) is 69.9 Å². The van der Waals surface area contributed by atoms with E-state index in [0.717, 1.165) is 18.2 Å². The number of carbonyl (C=O) groups is 1. The number of fused-ring (bicyclic) bond motifs is 1. The van der Waals surface area contributed by atoms with Crippen molar-refractivity contribution in [3.8, 4) is 5.69 Å². The SMILES string of the molecule is Cc1ccc(-n2c(SCC(=O)NCCc3cccs3)nc3ccccc3c2=O)cc1F. The molecule has 0 radical (unpaired) electrons. The number of rotatable bonds is 7. The van der Waals surface area contributed by atoms with Gasteiger partial charge in [0.1, 0.15) is 5.82 Å². The molecule has 0 spiro atoms. The van der Waals surface area contributed by atoms with Crippen molar-refractivity contribution in [2.75, 3.05) is 12.3 Å². The van der Waals surface area contributed by atoms with E-state index in [1.165, 1.54) is 15.5 Å². The summed E-state index contributed by atoms with van der Waals surface area (Å²) in [6, 6.07) is 15.6. The van der Waals surface area contributed by atoms with Gasteiger partial charge in [0.25, 0.3) is 5.56 Å². The van der Waals surface area contributed by atoms with Crippen molar-refractivity contribution in [2.45, 2.75) is 18.5 Å². The summed E-state index contributed by atoms with van der Waals surface area (Å²) in [5.41, 5.74) is 1.11. The fourth-order valence-electron chi connectivity index (χ4n) is 3.12. The average Bonchev–Trinajstić information content (AvgIpc) is 3.28. The zero-order valence-corrected chi connectivity index (χ0v) is 18.4. The molecule has 2 aromatic carbocycles. The second-order valence-corrected chi connectivity index (χ2v) is 8.93. The van der Waals surface area contributed by atoms with E-state index in [1.54, 1.807) is 54.7 Å². The molecule has 0 aliphatic carbocycles. The zero-order valence-electron chi connectivity index (χ0n) is 16.8. The summed E-state index contributed by atoms with van der Waals surface area (Å²) in [7, 11) is 0. The van der Waals surface area contributed by atoms with Crippen molar-refractivity contribution in [3.63, 3.8) is 0 Å². The molecular formula is C23H20FN3O2S2. The summed E-state index contributed by atoms with van der Waals surface area (Å²) in [6.45, 7) is 2.21. The third-order valence-corrected chi connectivity index (χ3v) is 6.64. The number of aryl methyl sites for hydroxylation is 1. The molecular weight excluding hydrogens is 433 g/mol. The second-order valence-electron chi connectivity index (χ2n) is 6.95. The molecule has 2 heterocycles. The number of thiophene rings is 1. The van der Waals surface area contributed by atoms with E-state index in [0.29, 0.717) is 33.9 Å². The standard InChI is InChI=1S/C23H20FN3O2S2/c1-15-8-9-16(13-19(15)24)27-22(29)18-6-2-3-7-20(18)26-23(27)31-14-21(28)25-11-10-17-5-4-12-30-17/h2-9,12-13H,10-11,14H2,1H3,(H,25,28). The highest BCUT2D eigenvalue weighted by atomic mass is 32.2. The molecule has 0 aliphatic heterocycles. The molecule has 4 aromatic rings. The van der Waals surface area contributed by atoms with E-state index in [4.69, 9.17) is 0 Å². The van der Waals surface area contributed by atoms with E-state index < -0.39 is 5.82 Å². The van der Waals surface area contributed by atoms with E-state index >= 15 is 0 Å².